The molecule has 15 heavy (non-hydrogen) atoms. The molecule has 0 aliphatic heterocycles. The van der Waals surface area contributed by atoms with Crippen LogP contribution in [0.15, 0.2) is 0 Å². The molecular formula is C10H22N2O2S. The van der Waals surface area contributed by atoms with Crippen molar-refractivity contribution in [2.24, 2.45) is 11.1 Å². The standard InChI is InChI=1S/C10H22N2O2S/c1-9(2)15(13,14)12(3)8-10(7-11)5-4-6-10/h9H,4-8,11H2,1-3H3. The molecule has 0 radical (unpaired) electrons. The van der Waals surface area contributed by atoms with E-state index in [1.807, 2.05) is 0 Å². The molecular weight excluding hydrogens is 212 g/mol. The quantitative estimate of drug-likeness (QED) is 0.765. The molecule has 1 aliphatic carbocycles. The van der Waals surface area contributed by atoms with E-state index in [4.69, 9.17) is 5.73 Å². The maximum Gasteiger partial charge on any atom is 0.216 e. The molecule has 1 rings (SSSR count). The number of rotatable bonds is 5. The van der Waals surface area contributed by atoms with Crippen LogP contribution >= 0.6 is 0 Å². The molecule has 0 atom stereocenters. The van der Waals surface area contributed by atoms with E-state index in [-0.39, 0.29) is 10.7 Å². The molecule has 2 N–H and O–H groups in total. The fourth-order valence-electron chi connectivity index (χ4n) is 2.03. The second kappa shape index (κ2) is 4.39. The second-order valence-corrected chi connectivity index (χ2v) is 7.50. The maximum atomic E-state index is 11.8. The summed E-state index contributed by atoms with van der Waals surface area (Å²) >= 11 is 0. The third-order valence-corrected chi connectivity index (χ3v) is 5.62. The molecule has 1 fully saturated rings. The summed E-state index contributed by atoms with van der Waals surface area (Å²) in [5, 5.41) is -0.350. The van der Waals surface area contributed by atoms with Crippen molar-refractivity contribution in [2.45, 2.75) is 38.4 Å². The lowest BCUT2D eigenvalue weighted by Gasteiger charge is -2.43. The van der Waals surface area contributed by atoms with Crippen molar-refractivity contribution >= 4 is 10.0 Å². The van der Waals surface area contributed by atoms with Crippen LogP contribution in [0.4, 0.5) is 0 Å². The zero-order chi connectivity index (χ0) is 11.7. The Labute approximate surface area is 92.9 Å². The van der Waals surface area contributed by atoms with Gasteiger partial charge in [0, 0.05) is 13.6 Å². The first kappa shape index (κ1) is 12.9. The van der Waals surface area contributed by atoms with Crippen molar-refractivity contribution in [1.82, 2.24) is 4.31 Å². The van der Waals surface area contributed by atoms with Gasteiger partial charge in [0.25, 0.3) is 0 Å². The summed E-state index contributed by atoms with van der Waals surface area (Å²) in [5.74, 6) is 0. The van der Waals surface area contributed by atoms with E-state index in [0.29, 0.717) is 13.1 Å². The molecule has 5 heteroatoms. The van der Waals surface area contributed by atoms with Crippen LogP contribution in [-0.4, -0.2) is 38.1 Å². The largest absolute Gasteiger partial charge is 0.330 e. The normalized spacial score (nSPS) is 20.7. The lowest BCUT2D eigenvalue weighted by Crippen LogP contribution is -2.48. The molecule has 0 aromatic heterocycles. The van der Waals surface area contributed by atoms with Crippen molar-refractivity contribution in [1.29, 1.82) is 0 Å². The zero-order valence-corrected chi connectivity index (χ0v) is 10.7. The van der Waals surface area contributed by atoms with Gasteiger partial charge < -0.3 is 5.73 Å². The number of sulfonamides is 1. The van der Waals surface area contributed by atoms with Crippen LogP contribution in [0.2, 0.25) is 0 Å². The molecule has 0 spiro atoms. The van der Waals surface area contributed by atoms with Gasteiger partial charge in [-0.15, -0.1) is 0 Å². The Hall–Kier alpha value is -0.130. The van der Waals surface area contributed by atoms with Crippen LogP contribution in [0.3, 0.4) is 0 Å². The molecule has 0 unspecified atom stereocenters. The summed E-state index contributed by atoms with van der Waals surface area (Å²) in [7, 11) is -1.46. The average Bonchev–Trinajstić information content (AvgIpc) is 2.10. The molecule has 0 aromatic rings. The monoisotopic (exact) mass is 234 g/mol. The van der Waals surface area contributed by atoms with Crippen molar-refractivity contribution in [3.8, 4) is 0 Å². The number of nitrogens with two attached hydrogens (primary N) is 1. The van der Waals surface area contributed by atoms with E-state index in [0.717, 1.165) is 12.8 Å². The fraction of sp³-hybridized carbons (Fsp3) is 1.00. The minimum atomic E-state index is -3.12. The van der Waals surface area contributed by atoms with Gasteiger partial charge in [-0.2, -0.15) is 0 Å². The van der Waals surface area contributed by atoms with Gasteiger partial charge in [-0.1, -0.05) is 6.42 Å². The highest BCUT2D eigenvalue weighted by atomic mass is 32.2. The minimum absolute atomic E-state index is 0.0523. The van der Waals surface area contributed by atoms with Crippen molar-refractivity contribution < 1.29 is 8.42 Å². The van der Waals surface area contributed by atoms with Gasteiger partial charge in [0.05, 0.1) is 5.25 Å². The van der Waals surface area contributed by atoms with Crippen molar-refractivity contribution in [3.05, 3.63) is 0 Å². The van der Waals surface area contributed by atoms with E-state index in [9.17, 15) is 8.42 Å². The summed E-state index contributed by atoms with van der Waals surface area (Å²) in [6.45, 7) is 4.58. The Morgan fingerprint density at radius 3 is 2.20 bits per heavy atom. The molecule has 4 nitrogen and oxygen atoms in total. The molecule has 0 aromatic carbocycles. The molecule has 0 bridgehead atoms. The highest BCUT2D eigenvalue weighted by molar-refractivity contribution is 7.89. The first-order valence-corrected chi connectivity index (χ1v) is 7.00. The van der Waals surface area contributed by atoms with Crippen LogP contribution in [-0.2, 0) is 10.0 Å². The van der Waals surface area contributed by atoms with Crippen molar-refractivity contribution in [3.63, 3.8) is 0 Å². The highest BCUT2D eigenvalue weighted by Gasteiger charge is 2.39. The second-order valence-electron chi connectivity index (χ2n) is 4.91. The summed E-state index contributed by atoms with van der Waals surface area (Å²) < 4.78 is 25.2. The van der Waals surface area contributed by atoms with E-state index < -0.39 is 10.0 Å². The van der Waals surface area contributed by atoms with Gasteiger partial charge in [-0.25, -0.2) is 12.7 Å². The van der Waals surface area contributed by atoms with Crippen LogP contribution in [0.5, 0.6) is 0 Å². The van der Waals surface area contributed by atoms with Crippen molar-refractivity contribution in [2.75, 3.05) is 20.1 Å². The summed E-state index contributed by atoms with van der Waals surface area (Å²) in [4.78, 5) is 0. The Morgan fingerprint density at radius 1 is 1.40 bits per heavy atom. The third kappa shape index (κ3) is 2.52. The highest BCUT2D eigenvalue weighted by Crippen LogP contribution is 2.40. The zero-order valence-electron chi connectivity index (χ0n) is 9.86. The van der Waals surface area contributed by atoms with Crippen LogP contribution in [0.1, 0.15) is 33.1 Å². The predicted octanol–water partition coefficient (Wildman–Crippen LogP) is 0.785. The SMILES string of the molecule is CC(C)S(=O)(=O)N(C)CC1(CN)CCC1. The minimum Gasteiger partial charge on any atom is -0.330 e. The number of nitrogens with zero attached hydrogens (tertiary/aromatic N) is 1. The van der Waals surface area contributed by atoms with Crippen LogP contribution < -0.4 is 5.73 Å². The van der Waals surface area contributed by atoms with E-state index in [2.05, 4.69) is 0 Å². The Kier molecular flexibility index (Phi) is 3.79. The van der Waals surface area contributed by atoms with Gasteiger partial charge in [-0.3, -0.25) is 0 Å². The Bertz CT molecular complexity index is 302. The lowest BCUT2D eigenvalue weighted by atomic mass is 9.69. The third-order valence-electron chi connectivity index (χ3n) is 3.44. The first-order valence-electron chi connectivity index (χ1n) is 5.49. The smallest absolute Gasteiger partial charge is 0.216 e. The summed E-state index contributed by atoms with van der Waals surface area (Å²) in [6.07, 6.45) is 3.29. The van der Waals surface area contributed by atoms with E-state index in [1.54, 1.807) is 20.9 Å². The first-order chi connectivity index (χ1) is 6.84. The van der Waals surface area contributed by atoms with Gasteiger partial charge in [-0.05, 0) is 38.6 Å². The lowest BCUT2D eigenvalue weighted by molar-refractivity contribution is 0.117. The molecule has 0 saturated heterocycles. The fourth-order valence-corrected chi connectivity index (χ4v) is 3.20. The number of hydrogen-bond donors (Lipinski definition) is 1. The van der Waals surface area contributed by atoms with Gasteiger partial charge in [0.15, 0.2) is 0 Å². The van der Waals surface area contributed by atoms with Crippen LogP contribution in [0.25, 0.3) is 0 Å². The van der Waals surface area contributed by atoms with Gasteiger partial charge >= 0.3 is 0 Å². The molecule has 1 aliphatic rings. The Balaban J connectivity index is 2.66. The van der Waals surface area contributed by atoms with E-state index >= 15 is 0 Å². The van der Waals surface area contributed by atoms with Crippen LogP contribution in [0, 0.1) is 5.41 Å². The van der Waals surface area contributed by atoms with E-state index in [1.165, 1.54) is 10.7 Å². The van der Waals surface area contributed by atoms with Gasteiger partial charge in [0.2, 0.25) is 10.0 Å². The summed E-state index contributed by atoms with van der Waals surface area (Å²) in [5.41, 5.74) is 5.77. The molecule has 90 valence electrons. The molecule has 0 amide bonds. The summed E-state index contributed by atoms with van der Waals surface area (Å²) in [6, 6.07) is 0. The topological polar surface area (TPSA) is 63.4 Å². The molecule has 1 saturated carbocycles. The Morgan fingerprint density at radius 2 is 1.93 bits per heavy atom. The molecule has 0 heterocycles. The average molecular weight is 234 g/mol. The van der Waals surface area contributed by atoms with Gasteiger partial charge in [0.1, 0.15) is 0 Å². The predicted molar refractivity (Wildman–Crippen MR) is 62.0 cm³/mol. The maximum absolute atomic E-state index is 11.8. The number of hydrogen-bond acceptors (Lipinski definition) is 3.